The van der Waals surface area contributed by atoms with Crippen LogP contribution in [0.5, 0.6) is 0 Å². The van der Waals surface area contributed by atoms with E-state index in [2.05, 4.69) is 53.8 Å². The Morgan fingerprint density at radius 1 is 1.32 bits per heavy atom. The Bertz CT molecular complexity index is 591. The SMILES string of the molecule is CCc1ccc(-c2nc(CN3CCCC(NC)C3)cs2)cc1. The van der Waals surface area contributed by atoms with E-state index in [1.807, 2.05) is 0 Å². The molecule has 1 aromatic carbocycles. The number of hydrogen-bond acceptors (Lipinski definition) is 4. The van der Waals surface area contributed by atoms with Gasteiger partial charge in [0.25, 0.3) is 0 Å². The lowest BCUT2D eigenvalue weighted by atomic mass is 10.1. The second-order valence-corrected chi connectivity index (χ2v) is 6.92. The van der Waals surface area contributed by atoms with Gasteiger partial charge < -0.3 is 5.32 Å². The summed E-state index contributed by atoms with van der Waals surface area (Å²) in [6, 6.07) is 9.43. The van der Waals surface area contributed by atoms with E-state index in [0.717, 1.165) is 24.5 Å². The van der Waals surface area contributed by atoms with Crippen LogP contribution in [-0.2, 0) is 13.0 Å². The molecule has 1 atom stereocenters. The fraction of sp³-hybridized carbons (Fsp3) is 0.500. The van der Waals surface area contributed by atoms with Crippen molar-refractivity contribution >= 4 is 11.3 Å². The lowest BCUT2D eigenvalue weighted by molar-refractivity contribution is 0.186. The van der Waals surface area contributed by atoms with Crippen molar-refractivity contribution < 1.29 is 0 Å². The zero-order valence-electron chi connectivity index (χ0n) is 13.5. The highest BCUT2D eigenvalue weighted by molar-refractivity contribution is 7.13. The van der Waals surface area contributed by atoms with Crippen molar-refractivity contribution in [3.05, 3.63) is 40.9 Å². The van der Waals surface area contributed by atoms with Gasteiger partial charge in [0.05, 0.1) is 5.69 Å². The Balaban J connectivity index is 1.65. The van der Waals surface area contributed by atoms with E-state index < -0.39 is 0 Å². The largest absolute Gasteiger partial charge is 0.316 e. The maximum atomic E-state index is 4.84. The molecule has 0 bridgehead atoms. The molecule has 1 fully saturated rings. The molecule has 4 heteroatoms. The number of rotatable bonds is 5. The smallest absolute Gasteiger partial charge is 0.123 e. The summed E-state index contributed by atoms with van der Waals surface area (Å²) in [5, 5.41) is 6.76. The van der Waals surface area contributed by atoms with Crippen LogP contribution in [0.25, 0.3) is 10.6 Å². The summed E-state index contributed by atoms with van der Waals surface area (Å²) in [4.78, 5) is 7.35. The topological polar surface area (TPSA) is 28.2 Å². The number of benzene rings is 1. The molecule has 2 heterocycles. The van der Waals surface area contributed by atoms with Crippen LogP contribution >= 0.6 is 11.3 Å². The van der Waals surface area contributed by atoms with Gasteiger partial charge in [-0.3, -0.25) is 4.90 Å². The number of aromatic nitrogens is 1. The van der Waals surface area contributed by atoms with Crippen LogP contribution < -0.4 is 5.32 Å². The molecule has 3 rings (SSSR count). The van der Waals surface area contributed by atoms with E-state index in [9.17, 15) is 0 Å². The van der Waals surface area contributed by atoms with E-state index in [1.165, 1.54) is 36.2 Å². The second-order valence-electron chi connectivity index (χ2n) is 6.06. The highest BCUT2D eigenvalue weighted by Gasteiger charge is 2.19. The van der Waals surface area contributed by atoms with Crippen molar-refractivity contribution in [2.24, 2.45) is 0 Å². The Morgan fingerprint density at radius 2 is 2.14 bits per heavy atom. The van der Waals surface area contributed by atoms with Gasteiger partial charge in [0.2, 0.25) is 0 Å². The summed E-state index contributed by atoms with van der Waals surface area (Å²) in [6.45, 7) is 5.49. The van der Waals surface area contributed by atoms with Crippen molar-refractivity contribution in [3.8, 4) is 10.6 Å². The Labute approximate surface area is 137 Å². The summed E-state index contributed by atoms with van der Waals surface area (Å²) in [6.07, 6.45) is 3.66. The number of piperidine rings is 1. The molecular formula is C18H25N3S. The van der Waals surface area contributed by atoms with Gasteiger partial charge in [-0.2, -0.15) is 0 Å². The van der Waals surface area contributed by atoms with Crippen LogP contribution in [0, 0.1) is 0 Å². The van der Waals surface area contributed by atoms with Crippen molar-refractivity contribution in [2.45, 2.75) is 38.8 Å². The molecular weight excluding hydrogens is 290 g/mol. The summed E-state index contributed by atoms with van der Waals surface area (Å²) < 4.78 is 0. The molecule has 1 aliphatic rings. The normalized spacial score (nSPS) is 19.5. The zero-order chi connectivity index (χ0) is 15.4. The van der Waals surface area contributed by atoms with Crippen LogP contribution in [0.4, 0.5) is 0 Å². The molecule has 0 radical (unpaired) electrons. The first-order valence-corrected chi connectivity index (χ1v) is 9.09. The number of nitrogens with one attached hydrogen (secondary N) is 1. The molecule has 1 saturated heterocycles. The van der Waals surface area contributed by atoms with Gasteiger partial charge in [-0.05, 0) is 38.4 Å². The van der Waals surface area contributed by atoms with Crippen LogP contribution in [0.1, 0.15) is 31.0 Å². The number of thiazole rings is 1. The van der Waals surface area contributed by atoms with E-state index in [4.69, 9.17) is 4.98 Å². The molecule has 0 amide bonds. The second kappa shape index (κ2) is 7.36. The fourth-order valence-electron chi connectivity index (χ4n) is 3.06. The average molecular weight is 315 g/mol. The molecule has 2 aromatic rings. The zero-order valence-corrected chi connectivity index (χ0v) is 14.3. The third-order valence-electron chi connectivity index (χ3n) is 4.46. The monoisotopic (exact) mass is 315 g/mol. The molecule has 0 spiro atoms. The van der Waals surface area contributed by atoms with Crippen molar-refractivity contribution in [1.82, 2.24) is 15.2 Å². The minimum absolute atomic E-state index is 0.633. The number of likely N-dealkylation sites (N-methyl/N-ethyl adjacent to an activating group) is 1. The van der Waals surface area contributed by atoms with E-state index in [0.29, 0.717) is 6.04 Å². The summed E-state index contributed by atoms with van der Waals surface area (Å²) in [5.74, 6) is 0. The van der Waals surface area contributed by atoms with Crippen LogP contribution in [-0.4, -0.2) is 36.1 Å². The number of nitrogens with zero attached hydrogens (tertiary/aromatic N) is 2. The van der Waals surface area contributed by atoms with Crippen molar-refractivity contribution in [1.29, 1.82) is 0 Å². The lowest BCUT2D eigenvalue weighted by Gasteiger charge is -2.31. The third kappa shape index (κ3) is 3.75. The van der Waals surface area contributed by atoms with Gasteiger partial charge in [-0.15, -0.1) is 11.3 Å². The first-order valence-electron chi connectivity index (χ1n) is 8.22. The quantitative estimate of drug-likeness (QED) is 0.914. The van der Waals surface area contributed by atoms with Crippen LogP contribution in [0.2, 0.25) is 0 Å². The van der Waals surface area contributed by atoms with Gasteiger partial charge in [-0.25, -0.2) is 4.98 Å². The Kier molecular flexibility index (Phi) is 5.24. The Morgan fingerprint density at radius 3 is 2.86 bits per heavy atom. The van der Waals surface area contributed by atoms with E-state index >= 15 is 0 Å². The predicted molar refractivity (Wildman–Crippen MR) is 94.3 cm³/mol. The third-order valence-corrected chi connectivity index (χ3v) is 5.40. The number of likely N-dealkylation sites (tertiary alicyclic amines) is 1. The van der Waals surface area contributed by atoms with Crippen molar-refractivity contribution in [3.63, 3.8) is 0 Å². The van der Waals surface area contributed by atoms with Gasteiger partial charge >= 0.3 is 0 Å². The first kappa shape index (κ1) is 15.7. The summed E-state index contributed by atoms with van der Waals surface area (Å²) in [7, 11) is 2.06. The van der Waals surface area contributed by atoms with Gasteiger partial charge in [0, 0.05) is 30.1 Å². The lowest BCUT2D eigenvalue weighted by Crippen LogP contribution is -2.43. The van der Waals surface area contributed by atoms with Gasteiger partial charge in [0.1, 0.15) is 5.01 Å². The summed E-state index contributed by atoms with van der Waals surface area (Å²) >= 11 is 1.76. The van der Waals surface area contributed by atoms with Crippen LogP contribution in [0.15, 0.2) is 29.6 Å². The number of aryl methyl sites for hydroxylation is 1. The highest BCUT2D eigenvalue weighted by Crippen LogP contribution is 2.25. The standard InChI is InChI=1S/C18H25N3S/c1-3-14-6-8-15(9-7-14)18-20-17(13-22-18)12-21-10-4-5-16(11-21)19-2/h6-9,13,16,19H,3-5,10-12H2,1-2H3. The number of hydrogen-bond donors (Lipinski definition) is 1. The molecule has 22 heavy (non-hydrogen) atoms. The molecule has 0 aliphatic carbocycles. The average Bonchev–Trinajstić information content (AvgIpc) is 3.03. The minimum Gasteiger partial charge on any atom is -0.316 e. The highest BCUT2D eigenvalue weighted by atomic mass is 32.1. The Hall–Kier alpha value is -1.23. The molecule has 1 aliphatic heterocycles. The maximum Gasteiger partial charge on any atom is 0.123 e. The van der Waals surface area contributed by atoms with E-state index in [-0.39, 0.29) is 0 Å². The molecule has 1 N–H and O–H groups in total. The maximum absolute atomic E-state index is 4.84. The van der Waals surface area contributed by atoms with Crippen molar-refractivity contribution in [2.75, 3.05) is 20.1 Å². The fourth-order valence-corrected chi connectivity index (χ4v) is 3.88. The minimum atomic E-state index is 0.633. The predicted octanol–water partition coefficient (Wildman–Crippen LogP) is 3.56. The molecule has 118 valence electrons. The molecule has 0 saturated carbocycles. The molecule has 1 aromatic heterocycles. The van der Waals surface area contributed by atoms with Crippen LogP contribution in [0.3, 0.4) is 0 Å². The van der Waals surface area contributed by atoms with Gasteiger partial charge in [0.15, 0.2) is 0 Å². The molecule has 1 unspecified atom stereocenters. The van der Waals surface area contributed by atoms with E-state index in [1.54, 1.807) is 11.3 Å². The molecule has 3 nitrogen and oxygen atoms in total. The first-order chi connectivity index (χ1) is 10.8. The van der Waals surface area contributed by atoms with Gasteiger partial charge in [-0.1, -0.05) is 31.2 Å². The summed E-state index contributed by atoms with van der Waals surface area (Å²) in [5.41, 5.74) is 3.82.